The maximum absolute atomic E-state index is 5.73. The van der Waals surface area contributed by atoms with E-state index in [4.69, 9.17) is 10.7 Å². The molecule has 3 aromatic carbocycles. The van der Waals surface area contributed by atoms with Crippen LogP contribution in [0.25, 0.3) is 33.6 Å². The minimum absolute atomic E-state index is 0.557. The molecule has 4 rings (SSSR count). The molecule has 0 aliphatic heterocycles. The molecule has 0 bridgehead atoms. The van der Waals surface area contributed by atoms with Gasteiger partial charge in [0.15, 0.2) is 0 Å². The van der Waals surface area contributed by atoms with Gasteiger partial charge in [0.2, 0.25) is 0 Å². The van der Waals surface area contributed by atoms with E-state index in [0.717, 1.165) is 33.6 Å². The van der Waals surface area contributed by atoms with Crippen molar-refractivity contribution in [3.63, 3.8) is 0 Å². The average Bonchev–Trinajstić information content (AvgIpc) is 2.75. The minimum atomic E-state index is 0.557. The fourth-order valence-electron chi connectivity index (χ4n) is 3.04. The van der Waals surface area contributed by atoms with Gasteiger partial charge in [-0.3, -0.25) is 0 Å². The summed E-state index contributed by atoms with van der Waals surface area (Å²) in [5.41, 5.74) is 13.4. The van der Waals surface area contributed by atoms with Gasteiger partial charge in [-0.05, 0) is 28.8 Å². The predicted octanol–water partition coefficient (Wildman–Crippen LogP) is 5.54. The molecule has 4 aromatic rings. The maximum Gasteiger partial charge on any atom is 0.0715 e. The molecular formula is C24H20N2. The highest BCUT2D eigenvalue weighted by Gasteiger charge is 2.08. The lowest BCUT2D eigenvalue weighted by Crippen LogP contribution is -1.95. The maximum atomic E-state index is 5.73. The number of nitrogens with two attached hydrogens (primary N) is 1. The summed E-state index contributed by atoms with van der Waals surface area (Å²) in [4.78, 5) is 4.91. The normalized spacial score (nSPS) is 10.7. The van der Waals surface area contributed by atoms with E-state index in [1.165, 1.54) is 5.56 Å². The van der Waals surface area contributed by atoms with Gasteiger partial charge in [-0.15, -0.1) is 0 Å². The van der Waals surface area contributed by atoms with Crippen LogP contribution in [0.3, 0.4) is 0 Å². The van der Waals surface area contributed by atoms with Crippen LogP contribution < -0.4 is 5.73 Å². The Balaban J connectivity index is 1.87. The first-order valence-corrected chi connectivity index (χ1v) is 8.76. The molecule has 0 radical (unpaired) electrons. The number of aromatic nitrogens is 1. The van der Waals surface area contributed by atoms with Crippen molar-refractivity contribution in [1.82, 2.24) is 4.98 Å². The Bertz CT molecular complexity index is 934. The molecule has 0 unspecified atom stereocenters. The molecule has 0 amide bonds. The fraction of sp³-hybridized carbons (Fsp3) is 0.0417. The third kappa shape index (κ3) is 3.41. The van der Waals surface area contributed by atoms with Crippen LogP contribution in [0.2, 0.25) is 0 Å². The molecule has 0 saturated heterocycles. The largest absolute Gasteiger partial charge is 0.326 e. The van der Waals surface area contributed by atoms with Crippen LogP contribution in [0, 0.1) is 0 Å². The first-order chi connectivity index (χ1) is 12.8. The van der Waals surface area contributed by atoms with E-state index in [1.54, 1.807) is 0 Å². The molecule has 2 N–H and O–H groups in total. The monoisotopic (exact) mass is 336 g/mol. The van der Waals surface area contributed by atoms with Gasteiger partial charge >= 0.3 is 0 Å². The SMILES string of the molecule is NCc1ccc(-c2cc(-c3ccccc3)nc(-c3ccccc3)c2)cc1. The van der Waals surface area contributed by atoms with E-state index < -0.39 is 0 Å². The van der Waals surface area contributed by atoms with Crippen molar-refractivity contribution in [3.05, 3.63) is 103 Å². The van der Waals surface area contributed by atoms with Gasteiger partial charge in [-0.25, -0.2) is 4.98 Å². The second kappa shape index (κ2) is 7.34. The molecule has 0 aliphatic carbocycles. The summed E-state index contributed by atoms with van der Waals surface area (Å²) >= 11 is 0. The highest BCUT2D eigenvalue weighted by atomic mass is 14.7. The Morgan fingerprint density at radius 2 is 1.04 bits per heavy atom. The number of rotatable bonds is 4. The summed E-state index contributed by atoms with van der Waals surface area (Å²) in [6, 6.07) is 33.3. The Morgan fingerprint density at radius 1 is 0.538 bits per heavy atom. The van der Waals surface area contributed by atoms with Crippen molar-refractivity contribution >= 4 is 0 Å². The lowest BCUT2D eigenvalue weighted by atomic mass is 9.99. The predicted molar refractivity (Wildman–Crippen MR) is 108 cm³/mol. The summed E-state index contributed by atoms with van der Waals surface area (Å²) < 4.78 is 0. The van der Waals surface area contributed by atoms with Crippen LogP contribution in [-0.2, 0) is 6.54 Å². The molecule has 2 heteroatoms. The van der Waals surface area contributed by atoms with Gasteiger partial charge in [0.25, 0.3) is 0 Å². The molecule has 2 nitrogen and oxygen atoms in total. The lowest BCUT2D eigenvalue weighted by Gasteiger charge is -2.10. The van der Waals surface area contributed by atoms with E-state index in [9.17, 15) is 0 Å². The summed E-state index contributed by atoms with van der Waals surface area (Å²) in [6.07, 6.45) is 0. The van der Waals surface area contributed by atoms with E-state index in [-0.39, 0.29) is 0 Å². The van der Waals surface area contributed by atoms with Crippen LogP contribution in [0.1, 0.15) is 5.56 Å². The zero-order valence-corrected chi connectivity index (χ0v) is 14.5. The van der Waals surface area contributed by atoms with Crippen LogP contribution in [-0.4, -0.2) is 4.98 Å². The fourth-order valence-corrected chi connectivity index (χ4v) is 3.04. The zero-order valence-electron chi connectivity index (χ0n) is 14.5. The number of benzene rings is 3. The molecule has 0 atom stereocenters. The van der Waals surface area contributed by atoms with Crippen LogP contribution in [0.4, 0.5) is 0 Å². The van der Waals surface area contributed by atoms with Crippen molar-refractivity contribution in [1.29, 1.82) is 0 Å². The third-order valence-corrected chi connectivity index (χ3v) is 4.49. The highest BCUT2D eigenvalue weighted by Crippen LogP contribution is 2.30. The van der Waals surface area contributed by atoms with Crippen molar-refractivity contribution in [2.75, 3.05) is 0 Å². The first-order valence-electron chi connectivity index (χ1n) is 8.76. The molecular weight excluding hydrogens is 316 g/mol. The molecule has 126 valence electrons. The smallest absolute Gasteiger partial charge is 0.0715 e. The Kier molecular flexibility index (Phi) is 4.59. The Hall–Kier alpha value is -3.23. The summed E-state index contributed by atoms with van der Waals surface area (Å²) in [5.74, 6) is 0. The topological polar surface area (TPSA) is 38.9 Å². The second-order valence-corrected chi connectivity index (χ2v) is 6.26. The molecule has 1 aromatic heterocycles. The van der Waals surface area contributed by atoms with Gasteiger partial charge in [0.05, 0.1) is 11.4 Å². The molecule has 0 aliphatic rings. The molecule has 26 heavy (non-hydrogen) atoms. The molecule has 0 spiro atoms. The van der Waals surface area contributed by atoms with Crippen molar-refractivity contribution in [2.24, 2.45) is 5.73 Å². The van der Waals surface area contributed by atoms with Crippen LogP contribution >= 0.6 is 0 Å². The second-order valence-electron chi connectivity index (χ2n) is 6.26. The van der Waals surface area contributed by atoms with Crippen LogP contribution in [0.15, 0.2) is 97.1 Å². The van der Waals surface area contributed by atoms with Gasteiger partial charge in [0.1, 0.15) is 0 Å². The summed E-state index contributed by atoms with van der Waals surface area (Å²) in [6.45, 7) is 0.557. The van der Waals surface area contributed by atoms with Gasteiger partial charge in [-0.1, -0.05) is 84.9 Å². The van der Waals surface area contributed by atoms with E-state index >= 15 is 0 Å². The van der Waals surface area contributed by atoms with Crippen molar-refractivity contribution < 1.29 is 0 Å². The molecule has 1 heterocycles. The van der Waals surface area contributed by atoms with Gasteiger partial charge in [0, 0.05) is 17.7 Å². The zero-order chi connectivity index (χ0) is 17.8. The molecule has 0 fully saturated rings. The quantitative estimate of drug-likeness (QED) is 0.531. The van der Waals surface area contributed by atoms with E-state index in [0.29, 0.717) is 6.54 Å². The average molecular weight is 336 g/mol. The Morgan fingerprint density at radius 3 is 1.50 bits per heavy atom. The highest BCUT2D eigenvalue weighted by molar-refractivity contribution is 5.76. The number of hydrogen-bond donors (Lipinski definition) is 1. The summed E-state index contributed by atoms with van der Waals surface area (Å²) in [7, 11) is 0. The lowest BCUT2D eigenvalue weighted by molar-refractivity contribution is 1.07. The molecule has 0 saturated carbocycles. The van der Waals surface area contributed by atoms with Crippen molar-refractivity contribution in [2.45, 2.75) is 6.54 Å². The number of hydrogen-bond acceptors (Lipinski definition) is 2. The van der Waals surface area contributed by atoms with Crippen molar-refractivity contribution in [3.8, 4) is 33.6 Å². The summed E-state index contributed by atoms with van der Waals surface area (Å²) in [5, 5.41) is 0. The number of nitrogens with zero attached hydrogens (tertiary/aromatic N) is 1. The Labute approximate surface area is 154 Å². The first kappa shape index (κ1) is 16.2. The number of pyridine rings is 1. The standard InChI is InChI=1S/C24H20N2/c25-17-18-11-13-19(14-12-18)22-15-23(20-7-3-1-4-8-20)26-24(16-22)21-9-5-2-6-10-21/h1-16H,17,25H2. The minimum Gasteiger partial charge on any atom is -0.326 e. The third-order valence-electron chi connectivity index (χ3n) is 4.49. The van der Waals surface area contributed by atoms with Gasteiger partial charge < -0.3 is 5.73 Å². The van der Waals surface area contributed by atoms with Gasteiger partial charge in [-0.2, -0.15) is 0 Å². The van der Waals surface area contributed by atoms with Crippen LogP contribution in [0.5, 0.6) is 0 Å². The van der Waals surface area contributed by atoms with E-state index in [2.05, 4.69) is 60.7 Å². The van der Waals surface area contributed by atoms with E-state index in [1.807, 2.05) is 36.4 Å².